The molecule has 1 saturated carbocycles. The van der Waals surface area contributed by atoms with Gasteiger partial charge in [-0.05, 0) is 38.5 Å². The monoisotopic (exact) mass is 414 g/mol. The number of rotatable bonds is 5. The third kappa shape index (κ3) is 5.11. The van der Waals surface area contributed by atoms with Gasteiger partial charge < -0.3 is 14.4 Å². The Morgan fingerprint density at radius 1 is 0.897 bits per heavy atom. The summed E-state index contributed by atoms with van der Waals surface area (Å²) in [5.41, 5.74) is 0.238. The largest absolute Gasteiger partial charge is 0.472 e. The van der Waals surface area contributed by atoms with Crippen molar-refractivity contribution in [2.75, 3.05) is 18.0 Å². The van der Waals surface area contributed by atoms with Crippen LogP contribution in [0, 0.1) is 11.3 Å². The predicted octanol–water partition coefficient (Wildman–Crippen LogP) is 3.17. The Kier molecular flexibility index (Phi) is 6.37. The van der Waals surface area contributed by atoms with Crippen molar-refractivity contribution in [1.29, 1.82) is 5.26 Å². The summed E-state index contributed by atoms with van der Waals surface area (Å²) in [6.07, 6.45) is 12.5. The second-order valence-electron chi connectivity index (χ2n) is 7.36. The van der Waals surface area contributed by atoms with Gasteiger partial charge >= 0.3 is 0 Å². The molecule has 0 aromatic carbocycles. The Bertz CT molecular complexity index is 843. The first kappa shape index (κ1) is 19.8. The van der Waals surface area contributed by atoms with Crippen LogP contribution in [0.15, 0.2) is 24.8 Å². The van der Waals surface area contributed by atoms with E-state index in [4.69, 9.17) is 26.3 Å². The van der Waals surface area contributed by atoms with Crippen LogP contribution in [0.2, 0.25) is 5.02 Å². The summed E-state index contributed by atoms with van der Waals surface area (Å²) in [5.74, 6) is 1.06. The highest BCUT2D eigenvalue weighted by molar-refractivity contribution is 6.30. The van der Waals surface area contributed by atoms with Gasteiger partial charge in [0, 0.05) is 25.5 Å². The van der Waals surface area contributed by atoms with E-state index in [0.717, 1.165) is 57.6 Å². The van der Waals surface area contributed by atoms with Crippen molar-refractivity contribution in [1.82, 2.24) is 19.9 Å². The maximum Gasteiger partial charge on any atom is 0.251 e. The molecule has 1 saturated heterocycles. The lowest BCUT2D eigenvalue weighted by molar-refractivity contribution is -0.0532. The van der Waals surface area contributed by atoms with Crippen molar-refractivity contribution in [3.05, 3.63) is 35.5 Å². The molecular weight excluding hydrogens is 392 g/mol. The van der Waals surface area contributed by atoms with Gasteiger partial charge in [0.05, 0.1) is 29.6 Å². The maximum absolute atomic E-state index is 9.11. The standard InChI is InChI=1S/C20H23ClN6O2/c21-14-12-25-20(26-13-14)27-9-5-17(6-10-27)28-15-1-3-16(4-2-15)29-19-18(11-22)23-7-8-24-19/h7-8,12-13,15-17H,1-6,9-10H2/t15-,16-. The lowest BCUT2D eigenvalue weighted by Gasteiger charge is -2.36. The number of hydrogen-bond donors (Lipinski definition) is 0. The van der Waals surface area contributed by atoms with Crippen LogP contribution in [-0.2, 0) is 4.74 Å². The van der Waals surface area contributed by atoms with E-state index in [1.54, 1.807) is 18.6 Å². The van der Waals surface area contributed by atoms with E-state index >= 15 is 0 Å². The van der Waals surface area contributed by atoms with E-state index in [1.165, 1.54) is 6.20 Å². The Morgan fingerprint density at radius 3 is 2.21 bits per heavy atom. The summed E-state index contributed by atoms with van der Waals surface area (Å²) in [4.78, 5) is 18.9. The quantitative estimate of drug-likeness (QED) is 0.735. The van der Waals surface area contributed by atoms with Gasteiger partial charge in [0.15, 0.2) is 0 Å². The zero-order valence-electron chi connectivity index (χ0n) is 16.1. The summed E-state index contributed by atoms with van der Waals surface area (Å²) in [7, 11) is 0. The van der Waals surface area contributed by atoms with E-state index in [2.05, 4.69) is 24.8 Å². The Morgan fingerprint density at radius 2 is 1.52 bits per heavy atom. The van der Waals surface area contributed by atoms with Crippen LogP contribution < -0.4 is 9.64 Å². The van der Waals surface area contributed by atoms with Crippen LogP contribution in [0.4, 0.5) is 5.95 Å². The van der Waals surface area contributed by atoms with Crippen LogP contribution in [0.3, 0.4) is 0 Å². The van der Waals surface area contributed by atoms with Crippen molar-refractivity contribution < 1.29 is 9.47 Å². The highest BCUT2D eigenvalue weighted by Crippen LogP contribution is 2.28. The molecule has 0 atom stereocenters. The number of nitriles is 1. The summed E-state index contributed by atoms with van der Waals surface area (Å²) in [5, 5.41) is 9.66. The number of aromatic nitrogens is 4. The molecule has 0 bridgehead atoms. The zero-order chi connectivity index (χ0) is 20.1. The Hall–Kier alpha value is -2.50. The molecule has 0 amide bonds. The van der Waals surface area contributed by atoms with Gasteiger partial charge in [0.25, 0.3) is 5.88 Å². The van der Waals surface area contributed by atoms with E-state index < -0.39 is 0 Å². The third-order valence-corrected chi connectivity index (χ3v) is 5.58. The van der Waals surface area contributed by atoms with Crippen molar-refractivity contribution in [2.45, 2.75) is 56.8 Å². The summed E-state index contributed by atoms with van der Waals surface area (Å²) in [6.45, 7) is 1.77. The normalized spacial score (nSPS) is 22.8. The first-order valence-corrected chi connectivity index (χ1v) is 10.3. The van der Waals surface area contributed by atoms with Crippen LogP contribution in [0.25, 0.3) is 0 Å². The van der Waals surface area contributed by atoms with Gasteiger partial charge in [-0.2, -0.15) is 5.26 Å². The minimum absolute atomic E-state index is 0.0579. The van der Waals surface area contributed by atoms with Crippen LogP contribution in [0.1, 0.15) is 44.2 Å². The van der Waals surface area contributed by atoms with Crippen LogP contribution in [0.5, 0.6) is 5.88 Å². The van der Waals surface area contributed by atoms with E-state index in [0.29, 0.717) is 10.9 Å². The molecule has 0 spiro atoms. The first-order chi connectivity index (χ1) is 14.2. The van der Waals surface area contributed by atoms with Crippen molar-refractivity contribution in [3.63, 3.8) is 0 Å². The molecule has 0 radical (unpaired) electrons. The van der Waals surface area contributed by atoms with E-state index in [9.17, 15) is 0 Å². The SMILES string of the molecule is N#Cc1nccnc1O[C@H]1CC[C@H](OC2CCN(c3ncc(Cl)cn3)CC2)CC1. The molecule has 0 N–H and O–H groups in total. The lowest BCUT2D eigenvalue weighted by atomic mass is 9.94. The molecule has 2 aliphatic rings. The fraction of sp³-hybridized carbons (Fsp3) is 0.550. The fourth-order valence-corrected chi connectivity index (χ4v) is 3.96. The maximum atomic E-state index is 9.11. The summed E-state index contributed by atoms with van der Waals surface area (Å²) >= 11 is 5.86. The number of nitrogens with zero attached hydrogens (tertiary/aromatic N) is 6. The molecule has 8 nitrogen and oxygen atoms in total. The molecule has 1 aliphatic heterocycles. The molecule has 29 heavy (non-hydrogen) atoms. The molecule has 3 heterocycles. The van der Waals surface area contributed by atoms with Gasteiger partial charge in [-0.1, -0.05) is 11.6 Å². The molecule has 2 fully saturated rings. The molecule has 9 heteroatoms. The second kappa shape index (κ2) is 9.33. The fourth-order valence-electron chi connectivity index (χ4n) is 3.87. The van der Waals surface area contributed by atoms with Crippen LogP contribution in [-0.4, -0.2) is 51.3 Å². The molecule has 152 valence electrons. The van der Waals surface area contributed by atoms with Gasteiger partial charge in [0.2, 0.25) is 11.6 Å². The topological polar surface area (TPSA) is 97.0 Å². The van der Waals surface area contributed by atoms with Crippen molar-refractivity contribution >= 4 is 17.5 Å². The number of anilines is 1. The lowest BCUT2D eigenvalue weighted by Crippen LogP contribution is -2.40. The molecule has 2 aromatic rings. The second-order valence-corrected chi connectivity index (χ2v) is 7.80. The highest BCUT2D eigenvalue weighted by atomic mass is 35.5. The number of ether oxygens (including phenoxy) is 2. The predicted molar refractivity (Wildman–Crippen MR) is 107 cm³/mol. The molecular formula is C20H23ClN6O2. The molecule has 1 aliphatic carbocycles. The van der Waals surface area contributed by atoms with Gasteiger partial charge in [-0.3, -0.25) is 0 Å². The average Bonchev–Trinajstić information content (AvgIpc) is 2.77. The molecule has 2 aromatic heterocycles. The third-order valence-electron chi connectivity index (χ3n) is 5.39. The van der Waals surface area contributed by atoms with E-state index in [-0.39, 0.29) is 24.0 Å². The number of hydrogen-bond acceptors (Lipinski definition) is 8. The van der Waals surface area contributed by atoms with Crippen LogP contribution >= 0.6 is 11.6 Å². The zero-order valence-corrected chi connectivity index (χ0v) is 16.8. The minimum Gasteiger partial charge on any atom is -0.472 e. The van der Waals surface area contributed by atoms with Crippen molar-refractivity contribution in [3.8, 4) is 11.9 Å². The average molecular weight is 415 g/mol. The van der Waals surface area contributed by atoms with Crippen molar-refractivity contribution in [2.24, 2.45) is 0 Å². The van der Waals surface area contributed by atoms with Gasteiger partial charge in [-0.25, -0.2) is 19.9 Å². The Balaban J connectivity index is 1.20. The first-order valence-electron chi connectivity index (χ1n) is 9.97. The Labute approximate surface area is 174 Å². The van der Waals surface area contributed by atoms with Gasteiger partial charge in [0.1, 0.15) is 12.2 Å². The highest BCUT2D eigenvalue weighted by Gasteiger charge is 2.28. The molecule has 0 unspecified atom stereocenters. The van der Waals surface area contributed by atoms with Gasteiger partial charge in [-0.15, -0.1) is 0 Å². The number of piperidine rings is 1. The smallest absolute Gasteiger partial charge is 0.251 e. The summed E-state index contributed by atoms with van der Waals surface area (Å²) < 4.78 is 12.3. The summed E-state index contributed by atoms with van der Waals surface area (Å²) in [6, 6.07) is 2.02. The minimum atomic E-state index is 0.0579. The molecule has 4 rings (SSSR count). The number of halogens is 1. The van der Waals surface area contributed by atoms with E-state index in [1.807, 2.05) is 6.07 Å².